The van der Waals surface area contributed by atoms with Crippen molar-refractivity contribution in [2.24, 2.45) is 0 Å². The van der Waals surface area contributed by atoms with Gasteiger partial charge in [-0.05, 0) is 56.4 Å². The Labute approximate surface area is 130 Å². The third-order valence-electron chi connectivity index (χ3n) is 4.24. The first-order valence-electron chi connectivity index (χ1n) is 6.95. The smallest absolute Gasteiger partial charge is 0.251 e. The van der Waals surface area contributed by atoms with Crippen LogP contribution < -0.4 is 10.6 Å². The highest BCUT2D eigenvalue weighted by molar-refractivity contribution is 6.30. The van der Waals surface area contributed by atoms with E-state index in [1.165, 1.54) is 12.8 Å². The third kappa shape index (κ3) is 3.27. The molecule has 0 aromatic heterocycles. The second kappa shape index (κ2) is 6.33. The zero-order valence-electron chi connectivity index (χ0n) is 11.5. The van der Waals surface area contributed by atoms with Crippen molar-refractivity contribution in [2.45, 2.75) is 50.7 Å². The number of benzene rings is 1. The number of rotatable bonds is 2. The molecule has 1 aromatic carbocycles. The summed E-state index contributed by atoms with van der Waals surface area (Å²) in [5, 5.41) is 7.43. The van der Waals surface area contributed by atoms with Gasteiger partial charge in [0.05, 0.1) is 0 Å². The monoisotopic (exact) mass is 314 g/mol. The number of fused-ring (bicyclic) bond motifs is 2. The van der Waals surface area contributed by atoms with E-state index < -0.39 is 0 Å². The molecule has 0 spiro atoms. The molecule has 2 atom stereocenters. The van der Waals surface area contributed by atoms with E-state index in [9.17, 15) is 4.79 Å². The highest BCUT2D eigenvalue weighted by Gasteiger charge is 2.34. The van der Waals surface area contributed by atoms with E-state index in [1.807, 2.05) is 19.1 Å². The minimum atomic E-state index is 0. The van der Waals surface area contributed by atoms with Crippen LogP contribution >= 0.6 is 24.0 Å². The fourth-order valence-electron chi connectivity index (χ4n) is 3.32. The number of nitrogens with one attached hydrogen (secondary N) is 2. The summed E-state index contributed by atoms with van der Waals surface area (Å²) in [5.74, 6) is 0.0282. The molecule has 1 amide bonds. The lowest BCUT2D eigenvalue weighted by Crippen LogP contribution is -2.48. The molecule has 20 heavy (non-hydrogen) atoms. The maximum absolute atomic E-state index is 12.3. The highest BCUT2D eigenvalue weighted by Crippen LogP contribution is 2.27. The fourth-order valence-corrected chi connectivity index (χ4v) is 3.55. The SMILES string of the molecule is Cc1cc(Cl)ccc1C(=O)NC1CC2CCC(C1)N2.Cl. The van der Waals surface area contributed by atoms with E-state index in [-0.39, 0.29) is 18.3 Å². The first kappa shape index (κ1) is 15.6. The van der Waals surface area contributed by atoms with Gasteiger partial charge in [0.25, 0.3) is 5.91 Å². The Morgan fingerprint density at radius 3 is 2.55 bits per heavy atom. The maximum Gasteiger partial charge on any atom is 0.251 e. The van der Waals surface area contributed by atoms with Crippen molar-refractivity contribution < 1.29 is 4.79 Å². The largest absolute Gasteiger partial charge is 0.349 e. The number of hydrogen-bond acceptors (Lipinski definition) is 2. The molecule has 110 valence electrons. The molecule has 5 heteroatoms. The first-order chi connectivity index (χ1) is 9.11. The second-order valence-corrected chi connectivity index (χ2v) is 6.18. The predicted molar refractivity (Wildman–Crippen MR) is 83.9 cm³/mol. The Morgan fingerprint density at radius 2 is 1.95 bits per heavy atom. The van der Waals surface area contributed by atoms with E-state index in [1.54, 1.807) is 6.07 Å². The number of amides is 1. The van der Waals surface area contributed by atoms with Crippen molar-refractivity contribution in [1.82, 2.24) is 10.6 Å². The number of halogens is 2. The summed E-state index contributed by atoms with van der Waals surface area (Å²) in [4.78, 5) is 12.3. The van der Waals surface area contributed by atoms with Gasteiger partial charge in [0.15, 0.2) is 0 Å². The number of hydrogen-bond donors (Lipinski definition) is 2. The Kier molecular flexibility index (Phi) is 4.95. The fraction of sp³-hybridized carbons (Fsp3) is 0.533. The molecule has 2 fully saturated rings. The zero-order valence-corrected chi connectivity index (χ0v) is 13.1. The van der Waals surface area contributed by atoms with E-state index in [2.05, 4.69) is 10.6 Å². The molecule has 0 saturated carbocycles. The van der Waals surface area contributed by atoms with Gasteiger partial charge in [-0.2, -0.15) is 0 Å². The summed E-state index contributed by atoms with van der Waals surface area (Å²) in [6.07, 6.45) is 4.60. The molecule has 2 heterocycles. The third-order valence-corrected chi connectivity index (χ3v) is 4.48. The molecule has 0 aliphatic carbocycles. The average Bonchev–Trinajstić information content (AvgIpc) is 2.68. The first-order valence-corrected chi connectivity index (χ1v) is 7.32. The normalized spacial score (nSPS) is 27.8. The van der Waals surface area contributed by atoms with Crippen LogP contribution in [0.4, 0.5) is 0 Å². The van der Waals surface area contributed by atoms with Crippen molar-refractivity contribution in [1.29, 1.82) is 0 Å². The van der Waals surface area contributed by atoms with Crippen LogP contribution in [0.2, 0.25) is 5.02 Å². The number of carbonyl (C=O) groups excluding carboxylic acids is 1. The summed E-state index contributed by atoms with van der Waals surface area (Å²) >= 11 is 5.92. The number of carbonyl (C=O) groups is 1. The molecule has 2 saturated heterocycles. The van der Waals surface area contributed by atoms with Crippen LogP contribution in [-0.4, -0.2) is 24.0 Å². The van der Waals surface area contributed by atoms with E-state index in [4.69, 9.17) is 11.6 Å². The van der Waals surface area contributed by atoms with Gasteiger partial charge in [-0.15, -0.1) is 12.4 Å². The molecule has 3 nitrogen and oxygen atoms in total. The van der Waals surface area contributed by atoms with Gasteiger partial charge in [-0.3, -0.25) is 4.79 Å². The summed E-state index contributed by atoms with van der Waals surface area (Å²) in [7, 11) is 0. The van der Waals surface area contributed by atoms with Crippen LogP contribution in [0.25, 0.3) is 0 Å². The van der Waals surface area contributed by atoms with Gasteiger partial charge in [-0.25, -0.2) is 0 Å². The molecule has 2 N–H and O–H groups in total. The van der Waals surface area contributed by atoms with Crippen LogP contribution in [0.15, 0.2) is 18.2 Å². The minimum Gasteiger partial charge on any atom is -0.349 e. The zero-order chi connectivity index (χ0) is 13.4. The molecule has 0 radical (unpaired) electrons. The molecular formula is C15H20Cl2N2O. The predicted octanol–water partition coefficient (Wildman–Crippen LogP) is 3.08. The van der Waals surface area contributed by atoms with Crippen molar-refractivity contribution >= 4 is 29.9 Å². The van der Waals surface area contributed by atoms with E-state index >= 15 is 0 Å². The average molecular weight is 315 g/mol. The molecule has 1 aromatic rings. The van der Waals surface area contributed by atoms with Crippen LogP contribution in [0.3, 0.4) is 0 Å². The molecule has 2 aliphatic rings. The van der Waals surface area contributed by atoms with Crippen molar-refractivity contribution in [2.75, 3.05) is 0 Å². The molecule has 3 rings (SSSR count). The van der Waals surface area contributed by atoms with Crippen LogP contribution in [0.5, 0.6) is 0 Å². The molecule has 2 aliphatic heterocycles. The Hall–Kier alpha value is -0.770. The van der Waals surface area contributed by atoms with Crippen LogP contribution in [-0.2, 0) is 0 Å². The molecule has 2 bridgehead atoms. The lowest BCUT2D eigenvalue weighted by molar-refractivity contribution is 0.0923. The Balaban J connectivity index is 0.00000147. The van der Waals surface area contributed by atoms with E-state index in [0.717, 1.165) is 24.0 Å². The van der Waals surface area contributed by atoms with Gasteiger partial charge < -0.3 is 10.6 Å². The minimum absolute atomic E-state index is 0. The van der Waals surface area contributed by atoms with Gasteiger partial charge in [-0.1, -0.05) is 11.6 Å². The number of piperidine rings is 1. The van der Waals surface area contributed by atoms with Crippen molar-refractivity contribution in [3.8, 4) is 0 Å². The topological polar surface area (TPSA) is 41.1 Å². The van der Waals surface area contributed by atoms with E-state index in [0.29, 0.717) is 23.1 Å². The Bertz CT molecular complexity index is 495. The van der Waals surface area contributed by atoms with Crippen molar-refractivity contribution in [3.63, 3.8) is 0 Å². The van der Waals surface area contributed by atoms with Gasteiger partial charge >= 0.3 is 0 Å². The van der Waals surface area contributed by atoms with Gasteiger partial charge in [0.2, 0.25) is 0 Å². The quantitative estimate of drug-likeness (QED) is 0.880. The number of aryl methyl sites for hydroxylation is 1. The van der Waals surface area contributed by atoms with Crippen LogP contribution in [0.1, 0.15) is 41.6 Å². The summed E-state index contributed by atoms with van der Waals surface area (Å²) in [5.41, 5.74) is 1.66. The lowest BCUT2D eigenvalue weighted by atomic mass is 9.99. The standard InChI is InChI=1S/C15H19ClN2O.ClH/c1-9-6-10(16)2-5-14(9)15(19)18-13-7-11-3-4-12(8-13)17-11;/h2,5-6,11-13,17H,3-4,7-8H2,1H3,(H,18,19);1H. The van der Waals surface area contributed by atoms with Crippen molar-refractivity contribution in [3.05, 3.63) is 34.3 Å². The molecule has 2 unspecified atom stereocenters. The molecular weight excluding hydrogens is 295 g/mol. The summed E-state index contributed by atoms with van der Waals surface area (Å²) < 4.78 is 0. The highest BCUT2D eigenvalue weighted by atomic mass is 35.5. The summed E-state index contributed by atoms with van der Waals surface area (Å²) in [6, 6.07) is 6.91. The Morgan fingerprint density at radius 1 is 1.30 bits per heavy atom. The maximum atomic E-state index is 12.3. The summed E-state index contributed by atoms with van der Waals surface area (Å²) in [6.45, 7) is 1.92. The second-order valence-electron chi connectivity index (χ2n) is 5.74. The van der Waals surface area contributed by atoms with Gasteiger partial charge in [0, 0.05) is 28.7 Å². The van der Waals surface area contributed by atoms with Gasteiger partial charge in [0.1, 0.15) is 0 Å². The lowest BCUT2D eigenvalue weighted by Gasteiger charge is -2.29. The van der Waals surface area contributed by atoms with Crippen LogP contribution in [0, 0.1) is 6.92 Å².